The van der Waals surface area contributed by atoms with Gasteiger partial charge in [-0.3, -0.25) is 0 Å². The van der Waals surface area contributed by atoms with Crippen molar-refractivity contribution in [1.29, 1.82) is 0 Å². The van der Waals surface area contributed by atoms with E-state index in [1.807, 2.05) is 24.3 Å². The molecule has 20 heavy (non-hydrogen) atoms. The molecule has 0 fully saturated rings. The first-order valence-electron chi connectivity index (χ1n) is 6.28. The van der Waals surface area contributed by atoms with Crippen LogP contribution in [0.1, 0.15) is 17.5 Å². The molecule has 0 radical (unpaired) electrons. The lowest BCUT2D eigenvalue weighted by atomic mass is 10.1. The first-order chi connectivity index (χ1) is 9.78. The fourth-order valence-electron chi connectivity index (χ4n) is 2.14. The third kappa shape index (κ3) is 2.38. The molecule has 0 bridgehead atoms. The van der Waals surface area contributed by atoms with Gasteiger partial charge in [-0.25, -0.2) is 14.4 Å². The number of methoxy groups -OCH3 is 1. The van der Waals surface area contributed by atoms with Gasteiger partial charge < -0.3 is 4.74 Å². The van der Waals surface area contributed by atoms with E-state index in [1.165, 1.54) is 12.1 Å². The maximum atomic E-state index is 13.0. The lowest BCUT2D eigenvalue weighted by Crippen LogP contribution is -2.08. The third-order valence-electron chi connectivity index (χ3n) is 3.15. The van der Waals surface area contributed by atoms with Gasteiger partial charge in [-0.1, -0.05) is 30.3 Å². The highest BCUT2D eigenvalue weighted by Crippen LogP contribution is 2.24. The van der Waals surface area contributed by atoms with Crippen molar-refractivity contribution in [3.8, 4) is 0 Å². The van der Waals surface area contributed by atoms with E-state index in [2.05, 4.69) is 9.97 Å². The Balaban J connectivity index is 2.04. The molecule has 0 saturated carbocycles. The summed E-state index contributed by atoms with van der Waals surface area (Å²) in [4.78, 5) is 8.86. The van der Waals surface area contributed by atoms with E-state index in [1.54, 1.807) is 25.4 Å². The first-order valence-corrected chi connectivity index (χ1v) is 6.28. The van der Waals surface area contributed by atoms with E-state index in [9.17, 15) is 4.39 Å². The van der Waals surface area contributed by atoms with Gasteiger partial charge in [0.15, 0.2) is 5.82 Å². The predicted molar refractivity (Wildman–Crippen MR) is 74.8 cm³/mol. The Morgan fingerprint density at radius 3 is 2.55 bits per heavy atom. The van der Waals surface area contributed by atoms with Gasteiger partial charge in [-0.15, -0.1) is 0 Å². The molecule has 0 unspecified atom stereocenters. The molecule has 0 saturated heterocycles. The highest BCUT2D eigenvalue weighted by molar-refractivity contribution is 5.77. The topological polar surface area (TPSA) is 35.0 Å². The van der Waals surface area contributed by atoms with E-state index in [0.29, 0.717) is 5.82 Å². The van der Waals surface area contributed by atoms with Crippen LogP contribution in [0.5, 0.6) is 0 Å². The molecule has 0 aliphatic carbocycles. The Morgan fingerprint density at radius 2 is 1.80 bits per heavy atom. The molecule has 1 aromatic heterocycles. The average Bonchev–Trinajstić information content (AvgIpc) is 2.50. The van der Waals surface area contributed by atoms with Crippen LogP contribution in [0.25, 0.3) is 10.9 Å². The highest BCUT2D eigenvalue weighted by atomic mass is 19.1. The SMILES string of the molecule is CO[C@H](c1ccc(F)cc1)c1ncc2ccccc2n1. The summed E-state index contributed by atoms with van der Waals surface area (Å²) in [7, 11) is 1.59. The van der Waals surface area contributed by atoms with E-state index in [0.717, 1.165) is 16.5 Å². The van der Waals surface area contributed by atoms with Gasteiger partial charge in [-0.05, 0) is 23.8 Å². The molecule has 1 heterocycles. The standard InChI is InChI=1S/C16H13FN2O/c1-20-15(11-6-8-13(17)9-7-11)16-18-10-12-4-2-3-5-14(12)19-16/h2-10,15H,1H3/t15-/m1/s1. The second-order valence-corrected chi connectivity index (χ2v) is 4.45. The molecule has 0 aliphatic rings. The zero-order valence-corrected chi connectivity index (χ0v) is 11.0. The van der Waals surface area contributed by atoms with Crippen molar-refractivity contribution in [2.45, 2.75) is 6.10 Å². The summed E-state index contributed by atoms with van der Waals surface area (Å²) < 4.78 is 18.5. The quantitative estimate of drug-likeness (QED) is 0.729. The van der Waals surface area contributed by atoms with Crippen LogP contribution >= 0.6 is 0 Å². The molecule has 1 atom stereocenters. The van der Waals surface area contributed by atoms with Crippen molar-refractivity contribution in [2.24, 2.45) is 0 Å². The van der Waals surface area contributed by atoms with Crippen molar-refractivity contribution in [2.75, 3.05) is 7.11 Å². The molecule has 0 amide bonds. The summed E-state index contributed by atoms with van der Waals surface area (Å²) in [6, 6.07) is 13.9. The summed E-state index contributed by atoms with van der Waals surface area (Å²) in [6.07, 6.45) is 1.37. The number of rotatable bonds is 3. The van der Waals surface area contributed by atoms with Gasteiger partial charge in [0.1, 0.15) is 11.9 Å². The first kappa shape index (κ1) is 12.7. The molecule has 3 rings (SSSR count). The second kappa shape index (κ2) is 5.35. The van der Waals surface area contributed by atoms with Gasteiger partial charge in [-0.2, -0.15) is 0 Å². The Kier molecular flexibility index (Phi) is 3.39. The monoisotopic (exact) mass is 268 g/mol. The van der Waals surface area contributed by atoms with Gasteiger partial charge in [0.25, 0.3) is 0 Å². The minimum atomic E-state index is -0.403. The minimum Gasteiger partial charge on any atom is -0.369 e. The van der Waals surface area contributed by atoms with Crippen molar-refractivity contribution in [3.05, 3.63) is 71.9 Å². The molecule has 2 aromatic carbocycles. The van der Waals surface area contributed by atoms with Crippen LogP contribution < -0.4 is 0 Å². The van der Waals surface area contributed by atoms with Gasteiger partial charge in [0.05, 0.1) is 5.52 Å². The summed E-state index contributed by atoms with van der Waals surface area (Å²) in [5.41, 5.74) is 1.69. The van der Waals surface area contributed by atoms with Crippen LogP contribution in [0.4, 0.5) is 4.39 Å². The highest BCUT2D eigenvalue weighted by Gasteiger charge is 2.16. The van der Waals surface area contributed by atoms with Crippen LogP contribution in [0.3, 0.4) is 0 Å². The summed E-state index contributed by atoms with van der Waals surface area (Å²) in [5.74, 6) is 0.292. The van der Waals surface area contributed by atoms with Crippen LogP contribution in [0.15, 0.2) is 54.7 Å². The molecule has 0 spiro atoms. The molecule has 100 valence electrons. The van der Waals surface area contributed by atoms with Gasteiger partial charge >= 0.3 is 0 Å². The van der Waals surface area contributed by atoms with Crippen molar-refractivity contribution >= 4 is 10.9 Å². The average molecular weight is 268 g/mol. The number of hydrogen-bond acceptors (Lipinski definition) is 3. The Hall–Kier alpha value is -2.33. The zero-order valence-electron chi connectivity index (χ0n) is 11.0. The van der Waals surface area contributed by atoms with Crippen molar-refractivity contribution in [3.63, 3.8) is 0 Å². The maximum absolute atomic E-state index is 13.0. The van der Waals surface area contributed by atoms with Crippen LogP contribution in [-0.2, 0) is 4.74 Å². The summed E-state index contributed by atoms with van der Waals surface area (Å²) in [5, 5.41) is 0.977. The number of aromatic nitrogens is 2. The van der Waals surface area contributed by atoms with Crippen LogP contribution in [0.2, 0.25) is 0 Å². The smallest absolute Gasteiger partial charge is 0.162 e. The largest absolute Gasteiger partial charge is 0.369 e. The summed E-state index contributed by atoms with van der Waals surface area (Å²) in [6.45, 7) is 0. The number of hydrogen-bond donors (Lipinski definition) is 0. The van der Waals surface area contributed by atoms with E-state index in [4.69, 9.17) is 4.74 Å². The normalized spacial score (nSPS) is 12.5. The fourth-order valence-corrected chi connectivity index (χ4v) is 2.14. The number of halogens is 1. The van der Waals surface area contributed by atoms with Crippen LogP contribution in [-0.4, -0.2) is 17.1 Å². The molecule has 3 aromatic rings. The fraction of sp³-hybridized carbons (Fsp3) is 0.125. The number of benzene rings is 2. The molecule has 3 nitrogen and oxygen atoms in total. The Labute approximate surface area is 116 Å². The molecule has 4 heteroatoms. The molecular weight excluding hydrogens is 255 g/mol. The van der Waals surface area contributed by atoms with Crippen molar-refractivity contribution < 1.29 is 9.13 Å². The van der Waals surface area contributed by atoms with E-state index in [-0.39, 0.29) is 5.82 Å². The molecule has 0 N–H and O–H groups in total. The lowest BCUT2D eigenvalue weighted by molar-refractivity contribution is 0.129. The summed E-state index contributed by atoms with van der Waals surface area (Å²) >= 11 is 0. The second-order valence-electron chi connectivity index (χ2n) is 4.45. The van der Waals surface area contributed by atoms with Crippen LogP contribution in [0, 0.1) is 5.82 Å². The zero-order chi connectivity index (χ0) is 13.9. The molecular formula is C16H13FN2O. The van der Waals surface area contributed by atoms with Gasteiger partial charge in [0.2, 0.25) is 0 Å². The van der Waals surface area contributed by atoms with Gasteiger partial charge in [0, 0.05) is 18.7 Å². The molecule has 0 aliphatic heterocycles. The lowest BCUT2D eigenvalue weighted by Gasteiger charge is -2.14. The number of fused-ring (bicyclic) bond motifs is 1. The van der Waals surface area contributed by atoms with E-state index >= 15 is 0 Å². The maximum Gasteiger partial charge on any atom is 0.162 e. The minimum absolute atomic E-state index is 0.275. The van der Waals surface area contributed by atoms with Crippen molar-refractivity contribution in [1.82, 2.24) is 9.97 Å². The number of ether oxygens (including phenoxy) is 1. The third-order valence-corrected chi connectivity index (χ3v) is 3.15. The number of para-hydroxylation sites is 1. The van der Waals surface area contributed by atoms with E-state index < -0.39 is 6.10 Å². The predicted octanol–water partition coefficient (Wildman–Crippen LogP) is 3.50. The Morgan fingerprint density at radius 1 is 1.05 bits per heavy atom. The Bertz CT molecular complexity index is 728. The number of nitrogens with zero attached hydrogens (tertiary/aromatic N) is 2.